The molecule has 0 aliphatic carbocycles. The van der Waals surface area contributed by atoms with Gasteiger partial charge < -0.3 is 10.2 Å². The van der Waals surface area contributed by atoms with Crippen LogP contribution in [0.1, 0.15) is 10.4 Å². The lowest BCUT2D eigenvalue weighted by molar-refractivity contribution is 0.0944. The Labute approximate surface area is 155 Å². The molecule has 0 saturated carbocycles. The molecule has 0 radical (unpaired) electrons. The Bertz CT molecular complexity index is 750. The van der Waals surface area contributed by atoms with Crippen molar-refractivity contribution >= 4 is 57.8 Å². The van der Waals surface area contributed by atoms with Crippen LogP contribution >= 0.6 is 35.4 Å². The molecular formula is C16H16Cl2N4OS. The van der Waals surface area contributed by atoms with Crippen molar-refractivity contribution in [1.29, 1.82) is 0 Å². The lowest BCUT2D eigenvalue weighted by atomic mass is 10.2. The Hall–Kier alpha value is -2.02. The molecule has 2 aromatic carbocycles. The normalized spacial score (nSPS) is 10.0. The number of thiocarbonyl (C=S) groups is 1. The third kappa shape index (κ3) is 4.99. The second-order valence-electron chi connectivity index (χ2n) is 5.10. The summed E-state index contributed by atoms with van der Waals surface area (Å²) >= 11 is 17.1. The van der Waals surface area contributed by atoms with E-state index in [2.05, 4.69) is 16.2 Å². The molecule has 2 rings (SSSR count). The van der Waals surface area contributed by atoms with E-state index in [1.165, 1.54) is 0 Å². The van der Waals surface area contributed by atoms with Crippen LogP contribution in [0.2, 0.25) is 10.0 Å². The van der Waals surface area contributed by atoms with E-state index in [1.54, 1.807) is 30.3 Å². The van der Waals surface area contributed by atoms with Crippen LogP contribution in [0, 0.1) is 0 Å². The second kappa shape index (κ2) is 8.19. The molecule has 24 heavy (non-hydrogen) atoms. The van der Waals surface area contributed by atoms with Crippen molar-refractivity contribution in [2.75, 3.05) is 24.3 Å². The minimum absolute atomic E-state index is 0.192. The van der Waals surface area contributed by atoms with Crippen LogP contribution in [0.15, 0.2) is 42.5 Å². The Morgan fingerprint density at radius 1 is 1.04 bits per heavy atom. The molecule has 1 amide bonds. The number of nitrogens with one attached hydrogen (secondary N) is 3. The number of hydrazine groups is 1. The van der Waals surface area contributed by atoms with Crippen LogP contribution in [0.25, 0.3) is 0 Å². The van der Waals surface area contributed by atoms with E-state index in [0.29, 0.717) is 21.3 Å². The minimum Gasteiger partial charge on any atom is -0.378 e. The number of anilines is 2. The molecule has 0 saturated heterocycles. The van der Waals surface area contributed by atoms with E-state index in [9.17, 15) is 4.79 Å². The van der Waals surface area contributed by atoms with Gasteiger partial charge in [-0.15, -0.1) is 0 Å². The van der Waals surface area contributed by atoms with Crippen LogP contribution in [0.3, 0.4) is 0 Å². The van der Waals surface area contributed by atoms with Gasteiger partial charge >= 0.3 is 0 Å². The number of halogens is 2. The number of nitrogens with zero attached hydrogens (tertiary/aromatic N) is 1. The number of rotatable bonds is 3. The van der Waals surface area contributed by atoms with Crippen LogP contribution in [0.5, 0.6) is 0 Å². The van der Waals surface area contributed by atoms with Crippen LogP contribution in [0.4, 0.5) is 11.4 Å². The zero-order valence-electron chi connectivity index (χ0n) is 13.1. The lowest BCUT2D eigenvalue weighted by Gasteiger charge is -2.14. The third-order valence-corrected chi connectivity index (χ3v) is 3.88. The maximum absolute atomic E-state index is 12.1. The smallest absolute Gasteiger partial charge is 0.269 e. The van der Waals surface area contributed by atoms with Crippen molar-refractivity contribution in [3.05, 3.63) is 58.1 Å². The van der Waals surface area contributed by atoms with Gasteiger partial charge in [-0.1, -0.05) is 23.2 Å². The average Bonchev–Trinajstić information content (AvgIpc) is 2.56. The van der Waals surface area contributed by atoms with Crippen molar-refractivity contribution in [2.45, 2.75) is 0 Å². The highest BCUT2D eigenvalue weighted by Gasteiger charge is 2.08. The largest absolute Gasteiger partial charge is 0.378 e. The fourth-order valence-electron chi connectivity index (χ4n) is 1.84. The van der Waals surface area contributed by atoms with Gasteiger partial charge in [0.2, 0.25) is 0 Å². The van der Waals surface area contributed by atoms with Crippen LogP contribution < -0.4 is 21.1 Å². The molecule has 0 aliphatic rings. The number of hydrogen-bond donors (Lipinski definition) is 3. The quantitative estimate of drug-likeness (QED) is 0.558. The Balaban J connectivity index is 1.91. The van der Waals surface area contributed by atoms with Gasteiger partial charge in [0.05, 0.1) is 10.7 Å². The van der Waals surface area contributed by atoms with E-state index in [4.69, 9.17) is 35.4 Å². The molecule has 5 nitrogen and oxygen atoms in total. The molecule has 0 heterocycles. The van der Waals surface area contributed by atoms with Gasteiger partial charge in [0.15, 0.2) is 5.11 Å². The SMILES string of the molecule is CN(C)c1ccc(C(=O)NNC(=S)Nc2cc(Cl)ccc2Cl)cc1. The van der Waals surface area contributed by atoms with E-state index in [1.807, 2.05) is 31.1 Å². The monoisotopic (exact) mass is 382 g/mol. The van der Waals surface area contributed by atoms with Gasteiger partial charge in [-0.2, -0.15) is 0 Å². The highest BCUT2D eigenvalue weighted by molar-refractivity contribution is 7.80. The molecule has 0 aromatic heterocycles. The maximum Gasteiger partial charge on any atom is 0.269 e. The first-order chi connectivity index (χ1) is 11.4. The predicted octanol–water partition coefficient (Wildman–Crippen LogP) is 3.69. The van der Waals surface area contributed by atoms with E-state index < -0.39 is 0 Å². The molecular weight excluding hydrogens is 367 g/mol. The number of hydrogen-bond acceptors (Lipinski definition) is 3. The Morgan fingerprint density at radius 3 is 2.33 bits per heavy atom. The molecule has 0 spiro atoms. The van der Waals surface area contributed by atoms with Crippen molar-refractivity contribution < 1.29 is 4.79 Å². The first-order valence-electron chi connectivity index (χ1n) is 6.96. The molecule has 126 valence electrons. The Morgan fingerprint density at radius 2 is 1.71 bits per heavy atom. The maximum atomic E-state index is 12.1. The molecule has 0 bridgehead atoms. The molecule has 0 fully saturated rings. The topological polar surface area (TPSA) is 56.4 Å². The Kier molecular flexibility index (Phi) is 6.25. The first-order valence-corrected chi connectivity index (χ1v) is 8.13. The summed E-state index contributed by atoms with van der Waals surface area (Å²) in [6.07, 6.45) is 0. The average molecular weight is 383 g/mol. The van der Waals surface area contributed by atoms with E-state index >= 15 is 0 Å². The summed E-state index contributed by atoms with van der Waals surface area (Å²) < 4.78 is 0. The lowest BCUT2D eigenvalue weighted by Crippen LogP contribution is -2.43. The molecule has 0 unspecified atom stereocenters. The van der Waals surface area contributed by atoms with Crippen molar-refractivity contribution in [3.63, 3.8) is 0 Å². The highest BCUT2D eigenvalue weighted by Crippen LogP contribution is 2.25. The summed E-state index contributed by atoms with van der Waals surface area (Å²) in [7, 11) is 3.86. The fraction of sp³-hybridized carbons (Fsp3) is 0.125. The summed E-state index contributed by atoms with van der Waals surface area (Å²) in [5.41, 5.74) is 7.21. The first kappa shape index (κ1) is 18.3. The van der Waals surface area contributed by atoms with Crippen LogP contribution in [-0.4, -0.2) is 25.1 Å². The van der Waals surface area contributed by atoms with Crippen molar-refractivity contribution in [2.24, 2.45) is 0 Å². The highest BCUT2D eigenvalue weighted by atomic mass is 35.5. The zero-order chi connectivity index (χ0) is 17.7. The van der Waals surface area contributed by atoms with Crippen LogP contribution in [-0.2, 0) is 0 Å². The summed E-state index contributed by atoms with van der Waals surface area (Å²) in [5, 5.41) is 4.05. The summed E-state index contributed by atoms with van der Waals surface area (Å²) in [5.74, 6) is -0.304. The van der Waals surface area contributed by atoms with E-state index in [0.717, 1.165) is 5.69 Å². The summed E-state index contributed by atoms with van der Waals surface area (Å²) in [6.45, 7) is 0. The van der Waals surface area contributed by atoms with E-state index in [-0.39, 0.29) is 11.0 Å². The predicted molar refractivity (Wildman–Crippen MR) is 104 cm³/mol. The van der Waals surface area contributed by atoms with Gasteiger partial charge in [-0.05, 0) is 54.7 Å². The third-order valence-electron chi connectivity index (χ3n) is 3.11. The van der Waals surface area contributed by atoms with Crippen molar-refractivity contribution in [1.82, 2.24) is 10.9 Å². The zero-order valence-corrected chi connectivity index (χ0v) is 15.4. The fourth-order valence-corrected chi connectivity index (χ4v) is 2.34. The number of amides is 1. The van der Waals surface area contributed by atoms with Gasteiger partial charge in [0.1, 0.15) is 0 Å². The number of benzene rings is 2. The standard InChI is InChI=1S/C16H16Cl2N4OS/c1-22(2)12-6-3-10(4-7-12)15(23)20-21-16(24)19-14-9-11(17)5-8-13(14)18/h3-9H,1-2H3,(H,20,23)(H2,19,21,24). The van der Waals surface area contributed by atoms with Gasteiger partial charge in [0, 0.05) is 30.4 Å². The number of carbonyl (C=O) groups is 1. The molecule has 2 aromatic rings. The summed E-state index contributed by atoms with van der Waals surface area (Å²) in [6, 6.07) is 12.1. The second-order valence-corrected chi connectivity index (χ2v) is 6.35. The number of carbonyl (C=O) groups excluding carboxylic acids is 1. The minimum atomic E-state index is -0.304. The molecule has 0 aliphatic heterocycles. The summed E-state index contributed by atoms with van der Waals surface area (Å²) in [4.78, 5) is 14.0. The van der Waals surface area contributed by atoms with Gasteiger partial charge in [-0.25, -0.2) is 0 Å². The van der Waals surface area contributed by atoms with Crippen molar-refractivity contribution in [3.8, 4) is 0 Å². The molecule has 3 N–H and O–H groups in total. The molecule has 0 atom stereocenters. The molecule has 8 heteroatoms. The van der Waals surface area contributed by atoms with Gasteiger partial charge in [-0.3, -0.25) is 15.6 Å². The van der Waals surface area contributed by atoms with Gasteiger partial charge in [0.25, 0.3) is 5.91 Å².